The van der Waals surface area contributed by atoms with Crippen LogP contribution in [0.25, 0.3) is 10.2 Å². The average molecular weight is 411 g/mol. The Bertz CT molecular complexity index is 951. The zero-order valence-electron chi connectivity index (χ0n) is 16.5. The van der Waals surface area contributed by atoms with Crippen LogP contribution in [0.3, 0.4) is 0 Å². The van der Waals surface area contributed by atoms with Gasteiger partial charge in [-0.2, -0.15) is 5.10 Å². The van der Waals surface area contributed by atoms with E-state index in [1.54, 1.807) is 17.5 Å². The summed E-state index contributed by atoms with van der Waals surface area (Å²) in [6.45, 7) is 3.94. The van der Waals surface area contributed by atoms with E-state index in [0.29, 0.717) is 12.6 Å². The molecule has 29 heavy (non-hydrogen) atoms. The van der Waals surface area contributed by atoms with Crippen molar-refractivity contribution in [2.45, 2.75) is 31.7 Å². The minimum absolute atomic E-state index is 0.0400. The first-order valence-electron chi connectivity index (χ1n) is 10.4. The highest BCUT2D eigenvalue weighted by Crippen LogP contribution is 2.31. The minimum Gasteiger partial charge on any atom is -0.345 e. The molecule has 1 aromatic carbocycles. The van der Waals surface area contributed by atoms with Gasteiger partial charge in [-0.1, -0.05) is 36.3 Å². The summed E-state index contributed by atoms with van der Waals surface area (Å²) in [6, 6.07) is 10.6. The quantitative estimate of drug-likeness (QED) is 0.699. The summed E-state index contributed by atoms with van der Waals surface area (Å²) < 4.78 is 3.22. The van der Waals surface area contributed by atoms with Crippen LogP contribution in [0.2, 0.25) is 0 Å². The molecular formula is C21H26N6OS. The maximum atomic E-state index is 12.6. The molecule has 0 unspecified atom stereocenters. The van der Waals surface area contributed by atoms with Crippen molar-refractivity contribution in [1.82, 2.24) is 19.7 Å². The number of piperazine rings is 1. The smallest absolute Gasteiger partial charge is 0.239 e. The van der Waals surface area contributed by atoms with Crippen LogP contribution in [0.4, 0.5) is 10.9 Å². The molecule has 2 fully saturated rings. The Morgan fingerprint density at radius 2 is 1.90 bits per heavy atom. The highest BCUT2D eigenvalue weighted by Gasteiger charge is 2.23. The first-order chi connectivity index (χ1) is 14.3. The number of aromatic nitrogens is 3. The van der Waals surface area contributed by atoms with Crippen LogP contribution in [0.15, 0.2) is 36.5 Å². The van der Waals surface area contributed by atoms with Crippen molar-refractivity contribution in [2.75, 3.05) is 42.9 Å². The molecule has 1 aliphatic heterocycles. The lowest BCUT2D eigenvalue weighted by Gasteiger charge is -2.34. The van der Waals surface area contributed by atoms with Crippen molar-refractivity contribution in [3.05, 3.63) is 36.5 Å². The molecule has 8 heteroatoms. The Balaban J connectivity index is 1.15. The van der Waals surface area contributed by atoms with Gasteiger partial charge >= 0.3 is 0 Å². The Morgan fingerprint density at radius 3 is 2.69 bits per heavy atom. The number of hydrogen-bond donors (Lipinski definition) is 1. The van der Waals surface area contributed by atoms with E-state index in [4.69, 9.17) is 4.98 Å². The third-order valence-corrected chi connectivity index (χ3v) is 7.00. The second-order valence-electron chi connectivity index (χ2n) is 7.87. The number of amides is 1. The highest BCUT2D eigenvalue weighted by molar-refractivity contribution is 7.22. The van der Waals surface area contributed by atoms with Gasteiger partial charge in [0.2, 0.25) is 5.91 Å². The van der Waals surface area contributed by atoms with Crippen molar-refractivity contribution in [3.63, 3.8) is 0 Å². The molecule has 5 rings (SSSR count). The molecule has 3 aromatic rings. The van der Waals surface area contributed by atoms with Crippen LogP contribution in [0.1, 0.15) is 31.7 Å². The predicted molar refractivity (Wildman–Crippen MR) is 117 cm³/mol. The number of anilines is 2. The molecule has 1 saturated carbocycles. The van der Waals surface area contributed by atoms with Gasteiger partial charge in [-0.05, 0) is 25.0 Å². The van der Waals surface area contributed by atoms with Gasteiger partial charge in [0.1, 0.15) is 5.82 Å². The van der Waals surface area contributed by atoms with Crippen LogP contribution in [-0.4, -0.2) is 58.3 Å². The molecule has 1 N–H and O–H groups in total. The molecule has 1 aliphatic carbocycles. The number of carbonyl (C=O) groups is 1. The molecule has 0 atom stereocenters. The fourth-order valence-electron chi connectivity index (χ4n) is 4.33. The van der Waals surface area contributed by atoms with Crippen molar-refractivity contribution in [2.24, 2.45) is 0 Å². The lowest BCUT2D eigenvalue weighted by Crippen LogP contribution is -2.48. The Kier molecular flexibility index (Phi) is 5.20. The number of hydrogen-bond acceptors (Lipinski definition) is 6. The summed E-state index contributed by atoms with van der Waals surface area (Å²) in [7, 11) is 0. The Labute approximate surface area is 174 Å². The Morgan fingerprint density at radius 1 is 1.10 bits per heavy atom. The van der Waals surface area contributed by atoms with Crippen LogP contribution in [0, 0.1) is 0 Å². The van der Waals surface area contributed by atoms with E-state index in [0.717, 1.165) is 55.5 Å². The van der Waals surface area contributed by atoms with E-state index in [9.17, 15) is 4.79 Å². The number of nitrogens with zero attached hydrogens (tertiary/aromatic N) is 5. The fraction of sp³-hybridized carbons (Fsp3) is 0.476. The summed E-state index contributed by atoms with van der Waals surface area (Å²) in [5.74, 6) is 0.869. The van der Waals surface area contributed by atoms with Gasteiger partial charge in [-0.15, -0.1) is 0 Å². The highest BCUT2D eigenvalue weighted by atomic mass is 32.1. The van der Waals surface area contributed by atoms with Crippen molar-refractivity contribution in [1.29, 1.82) is 0 Å². The lowest BCUT2D eigenvalue weighted by molar-refractivity contribution is -0.117. The molecular weight excluding hydrogens is 384 g/mol. The number of para-hydroxylation sites is 1. The lowest BCUT2D eigenvalue weighted by atomic mass is 10.2. The first-order valence-corrected chi connectivity index (χ1v) is 11.2. The summed E-state index contributed by atoms with van der Waals surface area (Å²) in [5.41, 5.74) is 1.06. The molecule has 152 valence electrons. The monoisotopic (exact) mass is 410 g/mol. The fourth-order valence-corrected chi connectivity index (χ4v) is 5.35. The number of fused-ring (bicyclic) bond motifs is 1. The number of nitrogens with one attached hydrogen (secondary N) is 1. The van der Waals surface area contributed by atoms with E-state index < -0.39 is 0 Å². The van der Waals surface area contributed by atoms with Crippen LogP contribution < -0.4 is 10.2 Å². The predicted octanol–water partition coefficient (Wildman–Crippen LogP) is 3.37. The first kappa shape index (κ1) is 18.6. The minimum atomic E-state index is 0.0400. The van der Waals surface area contributed by atoms with E-state index in [1.807, 2.05) is 16.8 Å². The molecule has 0 radical (unpaired) electrons. The second-order valence-corrected chi connectivity index (χ2v) is 8.88. The van der Waals surface area contributed by atoms with Crippen LogP contribution in [-0.2, 0) is 4.79 Å². The zero-order valence-corrected chi connectivity index (χ0v) is 17.3. The number of benzene rings is 1. The van der Waals surface area contributed by atoms with Gasteiger partial charge in [0.15, 0.2) is 5.13 Å². The largest absolute Gasteiger partial charge is 0.345 e. The Hall–Kier alpha value is -2.45. The molecule has 2 aromatic heterocycles. The van der Waals surface area contributed by atoms with Crippen LogP contribution >= 0.6 is 11.3 Å². The normalized spacial score (nSPS) is 18.6. The molecule has 7 nitrogen and oxygen atoms in total. The van der Waals surface area contributed by atoms with E-state index >= 15 is 0 Å². The summed E-state index contributed by atoms with van der Waals surface area (Å²) in [4.78, 5) is 21.9. The van der Waals surface area contributed by atoms with Crippen LogP contribution in [0.5, 0.6) is 0 Å². The maximum absolute atomic E-state index is 12.6. The van der Waals surface area contributed by atoms with Crippen molar-refractivity contribution in [3.8, 4) is 0 Å². The van der Waals surface area contributed by atoms with E-state index in [-0.39, 0.29) is 5.91 Å². The van der Waals surface area contributed by atoms with Crippen molar-refractivity contribution >= 4 is 38.4 Å². The van der Waals surface area contributed by atoms with E-state index in [2.05, 4.69) is 38.4 Å². The van der Waals surface area contributed by atoms with Gasteiger partial charge in [-0.3, -0.25) is 9.69 Å². The number of rotatable bonds is 5. The topological polar surface area (TPSA) is 66.3 Å². The molecule has 2 aliphatic rings. The summed E-state index contributed by atoms with van der Waals surface area (Å²) in [6.07, 6.45) is 6.58. The van der Waals surface area contributed by atoms with Gasteiger partial charge < -0.3 is 10.2 Å². The van der Waals surface area contributed by atoms with E-state index in [1.165, 1.54) is 17.5 Å². The third-order valence-electron chi connectivity index (χ3n) is 5.90. The van der Waals surface area contributed by atoms with Gasteiger partial charge in [0.05, 0.1) is 29.0 Å². The number of thiazole rings is 1. The third kappa shape index (κ3) is 4.00. The number of carbonyl (C=O) groups excluding carboxylic acids is 1. The molecule has 0 bridgehead atoms. The van der Waals surface area contributed by atoms with Gasteiger partial charge in [-0.25, -0.2) is 9.67 Å². The zero-order chi connectivity index (χ0) is 19.6. The summed E-state index contributed by atoms with van der Waals surface area (Å²) >= 11 is 1.74. The molecule has 0 spiro atoms. The molecule has 3 heterocycles. The van der Waals surface area contributed by atoms with Gasteiger partial charge in [0.25, 0.3) is 0 Å². The maximum Gasteiger partial charge on any atom is 0.239 e. The standard InChI is InChI=1S/C21H26N6OS/c28-20(24-19-9-10-22-27(19)16-5-1-2-6-16)15-25-11-13-26(14-12-25)21-23-17-7-3-4-8-18(17)29-21/h3-4,7-10,16H,1-2,5-6,11-15H2,(H,24,28). The molecule has 1 saturated heterocycles. The average Bonchev–Trinajstić information content (AvgIpc) is 3.48. The van der Waals surface area contributed by atoms with Crippen molar-refractivity contribution < 1.29 is 4.79 Å². The SMILES string of the molecule is O=C(CN1CCN(c2nc3ccccc3s2)CC1)Nc1ccnn1C1CCCC1. The molecule has 1 amide bonds. The van der Waals surface area contributed by atoms with Gasteiger partial charge in [0, 0.05) is 32.2 Å². The second kappa shape index (κ2) is 8.12. The summed E-state index contributed by atoms with van der Waals surface area (Å²) in [5, 5.41) is 8.59.